The Morgan fingerprint density at radius 2 is 2.00 bits per heavy atom. The Balaban J connectivity index is 3.07. The van der Waals surface area contributed by atoms with Crippen LogP contribution in [-0.4, -0.2) is 91.2 Å². The van der Waals surface area contributed by atoms with Crippen LogP contribution in [0.1, 0.15) is 6.42 Å². The van der Waals surface area contributed by atoms with Crippen LogP contribution in [0, 0.1) is 0 Å². The van der Waals surface area contributed by atoms with E-state index in [1.54, 1.807) is 0 Å². The molecule has 0 radical (unpaired) electrons. The predicted octanol–water partition coefficient (Wildman–Crippen LogP) is -3.65. The van der Waals surface area contributed by atoms with Gasteiger partial charge in [0, 0.05) is 6.42 Å². The summed E-state index contributed by atoms with van der Waals surface area (Å²) in [5.41, 5.74) is 0. The zero-order valence-corrected chi connectivity index (χ0v) is 12.0. The van der Waals surface area contributed by atoms with Crippen molar-refractivity contribution >= 4 is 23.5 Å². The second-order valence-electron chi connectivity index (χ2n) is 4.91. The van der Waals surface area contributed by atoms with E-state index in [2.05, 4.69) is 5.32 Å². The number of carboxylic acid groups (broad SMARTS) is 1. The van der Waals surface area contributed by atoms with Crippen LogP contribution in [0.5, 0.6) is 0 Å². The van der Waals surface area contributed by atoms with Crippen LogP contribution in [0.4, 0.5) is 0 Å². The molecule has 128 valence electrons. The number of amides is 1. The number of hydrogen-bond acceptors (Lipinski definition) is 8. The fourth-order valence-corrected chi connectivity index (χ4v) is 2.20. The van der Waals surface area contributed by atoms with Crippen LogP contribution in [0.3, 0.4) is 0 Å². The fourth-order valence-electron chi connectivity index (χ4n) is 2.13. The minimum absolute atomic E-state index is 0.474. The molecule has 0 bridgehead atoms. The van der Waals surface area contributed by atoms with Gasteiger partial charge in [0.2, 0.25) is 5.91 Å². The van der Waals surface area contributed by atoms with Crippen molar-refractivity contribution in [1.29, 1.82) is 0 Å². The first kappa shape index (κ1) is 19.0. The highest BCUT2D eigenvalue weighted by Crippen LogP contribution is 2.30. The number of alkyl halides is 1. The molecule has 1 rings (SSSR count). The molecule has 1 aliphatic rings. The van der Waals surface area contributed by atoms with Crippen molar-refractivity contribution < 1.29 is 45.0 Å². The van der Waals surface area contributed by atoms with Gasteiger partial charge in [-0.05, 0) is 0 Å². The third kappa shape index (κ3) is 4.04. The monoisotopic (exact) mass is 343 g/mol. The van der Waals surface area contributed by atoms with Gasteiger partial charge in [0.05, 0.1) is 18.8 Å². The Labute approximate surface area is 129 Å². The second-order valence-corrected chi connectivity index (χ2v) is 5.18. The van der Waals surface area contributed by atoms with Crippen LogP contribution < -0.4 is 5.32 Å². The van der Waals surface area contributed by atoms with Crippen molar-refractivity contribution in [2.75, 3.05) is 12.5 Å². The second kappa shape index (κ2) is 7.51. The lowest BCUT2D eigenvalue weighted by molar-refractivity contribution is -0.295. The number of halogens is 1. The standard InChI is InChI=1S/C11H18ClNO9/c12-2-6(17)13-7-4(15)1-11(21,10(19)20)22-9(7)8(18)5(16)3-14/h4-5,7-9,14-16,18,21H,1-3H2,(H,13,17)(H,19,20)/t4-,5+,7+,8+,9?,11-/m0/s1. The van der Waals surface area contributed by atoms with E-state index in [0.717, 1.165) is 0 Å². The van der Waals surface area contributed by atoms with Crippen molar-refractivity contribution in [3.05, 3.63) is 0 Å². The van der Waals surface area contributed by atoms with E-state index in [1.165, 1.54) is 0 Å². The lowest BCUT2D eigenvalue weighted by atomic mass is 9.88. The van der Waals surface area contributed by atoms with Gasteiger partial charge < -0.3 is 40.7 Å². The SMILES string of the molecule is O=C(CCl)N[C@H]1C([C@H](O)[C@H](O)CO)O[C@](O)(C(=O)O)C[C@@H]1O. The van der Waals surface area contributed by atoms with Gasteiger partial charge in [-0.25, -0.2) is 4.79 Å². The van der Waals surface area contributed by atoms with Crippen molar-refractivity contribution in [3.8, 4) is 0 Å². The lowest BCUT2D eigenvalue weighted by Crippen LogP contribution is -2.67. The normalized spacial score (nSPS) is 34.7. The Kier molecular flexibility index (Phi) is 6.50. The summed E-state index contributed by atoms with van der Waals surface area (Å²) >= 11 is 5.31. The largest absolute Gasteiger partial charge is 0.477 e. The number of hydrogen-bond donors (Lipinski definition) is 7. The molecule has 10 nitrogen and oxygen atoms in total. The van der Waals surface area contributed by atoms with Crippen LogP contribution in [0.15, 0.2) is 0 Å². The maximum atomic E-state index is 11.3. The number of carbonyl (C=O) groups excluding carboxylic acids is 1. The number of aliphatic hydroxyl groups is 5. The quantitative estimate of drug-likeness (QED) is 0.239. The number of carboxylic acids is 1. The fraction of sp³-hybridized carbons (Fsp3) is 0.818. The molecule has 6 atom stereocenters. The molecule has 0 aromatic rings. The summed E-state index contributed by atoms with van der Waals surface area (Å²) in [7, 11) is 0. The van der Waals surface area contributed by atoms with Crippen LogP contribution in [0.25, 0.3) is 0 Å². The molecule has 0 aromatic carbocycles. The summed E-state index contributed by atoms with van der Waals surface area (Å²) in [5, 5.41) is 59.1. The molecule has 7 N–H and O–H groups in total. The molecular weight excluding hydrogens is 326 g/mol. The number of ether oxygens (including phenoxy) is 1. The molecule has 0 spiro atoms. The lowest BCUT2D eigenvalue weighted by Gasteiger charge is -2.44. The molecule has 1 fully saturated rings. The van der Waals surface area contributed by atoms with Gasteiger partial charge in [-0.15, -0.1) is 11.6 Å². The molecule has 0 aromatic heterocycles. The first-order valence-electron chi connectivity index (χ1n) is 6.30. The summed E-state index contributed by atoms with van der Waals surface area (Å²) in [6, 6.07) is -1.35. The first-order valence-corrected chi connectivity index (χ1v) is 6.83. The van der Waals surface area contributed by atoms with Gasteiger partial charge in [-0.3, -0.25) is 4.79 Å². The number of aliphatic hydroxyl groups excluding tert-OH is 4. The van der Waals surface area contributed by atoms with E-state index in [4.69, 9.17) is 26.6 Å². The van der Waals surface area contributed by atoms with Crippen LogP contribution in [-0.2, 0) is 14.3 Å². The zero-order chi connectivity index (χ0) is 17.1. The Hall–Kier alpha value is -1.01. The Morgan fingerprint density at radius 1 is 1.41 bits per heavy atom. The minimum atomic E-state index is -2.82. The predicted molar refractivity (Wildman–Crippen MR) is 69.8 cm³/mol. The molecule has 1 saturated heterocycles. The molecule has 1 unspecified atom stereocenters. The van der Waals surface area contributed by atoms with E-state index in [-0.39, 0.29) is 0 Å². The maximum Gasteiger partial charge on any atom is 0.364 e. The third-order valence-corrected chi connectivity index (χ3v) is 3.53. The van der Waals surface area contributed by atoms with Crippen molar-refractivity contribution in [2.24, 2.45) is 0 Å². The smallest absolute Gasteiger partial charge is 0.364 e. The first-order chi connectivity index (χ1) is 10.2. The highest BCUT2D eigenvalue weighted by atomic mass is 35.5. The van der Waals surface area contributed by atoms with E-state index in [1.807, 2.05) is 0 Å². The van der Waals surface area contributed by atoms with Gasteiger partial charge in [-0.2, -0.15) is 0 Å². The van der Waals surface area contributed by atoms with Gasteiger partial charge >= 0.3 is 5.97 Å². The Morgan fingerprint density at radius 3 is 2.45 bits per heavy atom. The van der Waals surface area contributed by atoms with Gasteiger partial charge in [0.25, 0.3) is 5.79 Å². The molecule has 1 amide bonds. The minimum Gasteiger partial charge on any atom is -0.477 e. The van der Waals surface area contributed by atoms with Crippen LogP contribution >= 0.6 is 11.6 Å². The summed E-state index contributed by atoms with van der Waals surface area (Å²) in [4.78, 5) is 22.4. The zero-order valence-electron chi connectivity index (χ0n) is 11.3. The molecule has 1 aliphatic heterocycles. The van der Waals surface area contributed by atoms with E-state index < -0.39 is 67.0 Å². The van der Waals surface area contributed by atoms with Gasteiger partial charge in [-0.1, -0.05) is 0 Å². The van der Waals surface area contributed by atoms with E-state index in [9.17, 15) is 30.0 Å². The third-order valence-electron chi connectivity index (χ3n) is 3.29. The highest BCUT2D eigenvalue weighted by Gasteiger charge is 2.53. The highest BCUT2D eigenvalue weighted by molar-refractivity contribution is 6.27. The topological polar surface area (TPSA) is 177 Å². The summed E-state index contributed by atoms with van der Waals surface area (Å²) in [6.07, 6.45) is -7.71. The van der Waals surface area contributed by atoms with Crippen molar-refractivity contribution in [1.82, 2.24) is 5.32 Å². The maximum absolute atomic E-state index is 11.3. The van der Waals surface area contributed by atoms with Crippen molar-refractivity contribution in [2.45, 2.75) is 42.7 Å². The van der Waals surface area contributed by atoms with Gasteiger partial charge in [0.15, 0.2) is 0 Å². The van der Waals surface area contributed by atoms with E-state index in [0.29, 0.717) is 0 Å². The van der Waals surface area contributed by atoms with E-state index >= 15 is 0 Å². The van der Waals surface area contributed by atoms with Gasteiger partial charge in [0.1, 0.15) is 24.2 Å². The number of aliphatic carboxylic acids is 1. The molecular formula is C11H18ClNO9. The summed E-state index contributed by atoms with van der Waals surface area (Å²) in [6.45, 7) is -0.890. The molecule has 11 heteroatoms. The summed E-state index contributed by atoms with van der Waals surface area (Å²) < 4.78 is 4.87. The molecule has 1 heterocycles. The summed E-state index contributed by atoms with van der Waals surface area (Å²) in [5.74, 6) is -5.85. The average molecular weight is 344 g/mol. The molecule has 22 heavy (non-hydrogen) atoms. The molecule has 0 aliphatic carbocycles. The Bertz CT molecular complexity index is 422. The number of rotatable bonds is 6. The average Bonchev–Trinajstić information content (AvgIpc) is 2.47. The molecule has 0 saturated carbocycles. The van der Waals surface area contributed by atoms with Crippen molar-refractivity contribution in [3.63, 3.8) is 0 Å². The number of carbonyl (C=O) groups is 2. The number of nitrogens with one attached hydrogen (secondary N) is 1. The van der Waals surface area contributed by atoms with Crippen LogP contribution in [0.2, 0.25) is 0 Å².